The fourth-order valence-electron chi connectivity index (χ4n) is 6.44. The van der Waals surface area contributed by atoms with Crippen molar-refractivity contribution in [3.8, 4) is 0 Å². The Hall–Kier alpha value is -3.42. The van der Waals surface area contributed by atoms with Gasteiger partial charge in [0.2, 0.25) is 5.52 Å². The molecule has 0 fully saturated rings. The van der Waals surface area contributed by atoms with Crippen molar-refractivity contribution in [2.24, 2.45) is 7.05 Å². The quantitative estimate of drug-likeness (QED) is 0.0855. The highest BCUT2D eigenvalue weighted by atomic mass is 28.3. The topological polar surface area (TPSA) is 12.6 Å². The van der Waals surface area contributed by atoms with Gasteiger partial charge in [-0.1, -0.05) is 74.4 Å². The van der Waals surface area contributed by atoms with Crippen LogP contribution in [0.2, 0.25) is 18.1 Å². The van der Waals surface area contributed by atoms with Crippen molar-refractivity contribution < 1.29 is 4.57 Å². The standard InChI is InChI=1S/C30H30N3Si/c1-7-34(8-2,9-3)22-16-20-14-15-32(6)30-27-19(4)10-12-24-23-13-11-21(31-5)17-25(23)33(29(24)27)26(18-22)28(20)30/h10-18H,7-9H2,1-4,6H3/q+1. The second-order valence-corrected chi connectivity index (χ2v) is 15.1. The first kappa shape index (κ1) is 21.1. The van der Waals surface area contributed by atoms with Crippen molar-refractivity contribution in [1.29, 1.82) is 0 Å². The van der Waals surface area contributed by atoms with Crippen molar-refractivity contribution in [1.82, 2.24) is 4.40 Å². The van der Waals surface area contributed by atoms with E-state index in [4.69, 9.17) is 6.57 Å². The van der Waals surface area contributed by atoms with E-state index in [0.29, 0.717) is 5.69 Å². The number of hydrogen-bond acceptors (Lipinski definition) is 0. The lowest BCUT2D eigenvalue weighted by Gasteiger charge is -2.29. The summed E-state index contributed by atoms with van der Waals surface area (Å²) in [5.74, 6) is 0. The molecule has 0 aliphatic heterocycles. The summed E-state index contributed by atoms with van der Waals surface area (Å²) in [5, 5.41) is 8.03. The Morgan fingerprint density at radius 3 is 2.32 bits per heavy atom. The lowest BCUT2D eigenvalue weighted by molar-refractivity contribution is -0.643. The number of hydrogen-bond donors (Lipinski definition) is 0. The molecule has 0 aliphatic rings. The second kappa shape index (κ2) is 7.29. The fourth-order valence-corrected chi connectivity index (χ4v) is 10.1. The number of aryl methyl sites for hydroxylation is 2. The molecule has 4 heteroatoms. The number of rotatable bonds is 4. The SMILES string of the molecule is [C-]#[N+]c1ccc2c3ccc(C)c4c3n(c2c1)c1cc([Si](CC)(CC)CC)cc2cc[n+](C)c4c21. The van der Waals surface area contributed by atoms with Gasteiger partial charge in [0.05, 0.1) is 36.5 Å². The van der Waals surface area contributed by atoms with Crippen LogP contribution in [-0.2, 0) is 7.05 Å². The first-order valence-corrected chi connectivity index (χ1v) is 15.0. The van der Waals surface area contributed by atoms with Gasteiger partial charge in [0.1, 0.15) is 7.05 Å². The van der Waals surface area contributed by atoms with Gasteiger partial charge in [-0.25, -0.2) is 9.41 Å². The van der Waals surface area contributed by atoms with E-state index < -0.39 is 8.07 Å². The summed E-state index contributed by atoms with van der Waals surface area (Å²) >= 11 is 0. The third-order valence-electron chi connectivity index (χ3n) is 8.59. The number of pyridine rings is 2. The van der Waals surface area contributed by atoms with Crippen LogP contribution in [0.3, 0.4) is 0 Å². The fraction of sp³-hybridized carbons (Fsp3) is 0.267. The lowest BCUT2D eigenvalue weighted by atomic mass is 10.00. The molecule has 3 aromatic carbocycles. The van der Waals surface area contributed by atoms with Crippen LogP contribution in [-0.4, -0.2) is 12.5 Å². The minimum atomic E-state index is -1.58. The Kier molecular flexibility index (Phi) is 4.53. The predicted molar refractivity (Wildman–Crippen MR) is 148 cm³/mol. The summed E-state index contributed by atoms with van der Waals surface area (Å²) in [5.41, 5.74) is 7.00. The minimum Gasteiger partial charge on any atom is -0.309 e. The van der Waals surface area contributed by atoms with Crippen molar-refractivity contribution in [2.45, 2.75) is 45.8 Å². The summed E-state index contributed by atoms with van der Waals surface area (Å²) < 4.78 is 4.77. The zero-order valence-corrected chi connectivity index (χ0v) is 21.7. The monoisotopic (exact) mass is 460 g/mol. The summed E-state index contributed by atoms with van der Waals surface area (Å²) in [6.45, 7) is 17.0. The van der Waals surface area contributed by atoms with Crippen LogP contribution in [0.5, 0.6) is 0 Å². The maximum absolute atomic E-state index is 7.64. The summed E-state index contributed by atoms with van der Waals surface area (Å²) in [7, 11) is 0.585. The highest BCUT2D eigenvalue weighted by Gasteiger charge is 2.31. The van der Waals surface area contributed by atoms with Crippen LogP contribution in [0.1, 0.15) is 26.3 Å². The van der Waals surface area contributed by atoms with E-state index in [1.54, 1.807) is 5.19 Å². The van der Waals surface area contributed by atoms with Crippen LogP contribution < -0.4 is 9.75 Å². The van der Waals surface area contributed by atoms with Crippen molar-refractivity contribution in [3.63, 3.8) is 0 Å². The van der Waals surface area contributed by atoms with E-state index in [1.807, 2.05) is 6.07 Å². The molecule has 0 spiro atoms. The van der Waals surface area contributed by atoms with Crippen LogP contribution in [0, 0.1) is 13.5 Å². The van der Waals surface area contributed by atoms with Crippen molar-refractivity contribution >= 4 is 67.9 Å². The van der Waals surface area contributed by atoms with Crippen LogP contribution in [0.4, 0.5) is 5.69 Å². The average Bonchev–Trinajstić information content (AvgIpc) is 3.19. The van der Waals surface area contributed by atoms with Gasteiger partial charge < -0.3 is 4.40 Å². The van der Waals surface area contributed by atoms with E-state index >= 15 is 0 Å². The molecule has 0 saturated carbocycles. The molecule has 0 unspecified atom stereocenters. The number of nitrogens with zero attached hydrogens (tertiary/aromatic N) is 3. The van der Waals surface area contributed by atoms with Gasteiger partial charge in [-0.15, -0.1) is 0 Å². The molecule has 3 heterocycles. The number of benzene rings is 3. The van der Waals surface area contributed by atoms with E-state index in [-0.39, 0.29) is 0 Å². The van der Waals surface area contributed by atoms with Crippen LogP contribution in [0.15, 0.2) is 54.7 Å². The molecule has 0 aliphatic carbocycles. The Balaban J connectivity index is 1.98. The molecule has 3 aromatic heterocycles. The Bertz CT molecular complexity index is 1790. The zero-order valence-electron chi connectivity index (χ0n) is 20.7. The predicted octanol–water partition coefficient (Wildman–Crippen LogP) is 7.39. The zero-order chi connectivity index (χ0) is 23.8. The third-order valence-corrected chi connectivity index (χ3v) is 14.2. The molecule has 34 heavy (non-hydrogen) atoms. The molecule has 0 N–H and O–H groups in total. The van der Waals surface area contributed by atoms with Gasteiger partial charge in [0, 0.05) is 22.4 Å². The second-order valence-electron chi connectivity index (χ2n) is 9.88. The molecule has 0 amide bonds. The summed E-state index contributed by atoms with van der Waals surface area (Å²) in [4.78, 5) is 3.77. The molecule has 6 rings (SSSR count). The lowest BCUT2D eigenvalue weighted by Crippen LogP contribution is -2.45. The molecule has 6 aromatic rings. The van der Waals surface area contributed by atoms with E-state index in [0.717, 1.165) is 5.52 Å². The van der Waals surface area contributed by atoms with E-state index in [9.17, 15) is 0 Å². The van der Waals surface area contributed by atoms with E-state index in [1.165, 1.54) is 67.2 Å². The molecule has 3 nitrogen and oxygen atoms in total. The minimum absolute atomic E-state index is 0.695. The van der Waals surface area contributed by atoms with Crippen molar-refractivity contribution in [3.05, 3.63) is 71.7 Å². The van der Waals surface area contributed by atoms with Crippen molar-refractivity contribution in [2.75, 3.05) is 0 Å². The highest BCUT2D eigenvalue weighted by Crippen LogP contribution is 2.41. The Morgan fingerprint density at radius 2 is 1.62 bits per heavy atom. The number of aromatic nitrogens is 2. The maximum atomic E-state index is 7.64. The average molecular weight is 461 g/mol. The van der Waals surface area contributed by atoms with Crippen LogP contribution in [0.25, 0.3) is 53.8 Å². The maximum Gasteiger partial charge on any atom is 0.224 e. The smallest absolute Gasteiger partial charge is 0.224 e. The first-order chi connectivity index (χ1) is 16.5. The van der Waals surface area contributed by atoms with Gasteiger partial charge >= 0.3 is 0 Å². The van der Waals surface area contributed by atoms with Gasteiger partial charge in [-0.05, 0) is 30.0 Å². The van der Waals surface area contributed by atoms with Crippen LogP contribution >= 0.6 is 0 Å². The Morgan fingerprint density at radius 1 is 0.882 bits per heavy atom. The van der Waals surface area contributed by atoms with Gasteiger partial charge in [-0.2, -0.15) is 0 Å². The molecule has 0 atom stereocenters. The molecule has 0 saturated heterocycles. The molecule has 0 bridgehead atoms. The molecular formula is C30H30N3Si+. The molecule has 168 valence electrons. The van der Waals surface area contributed by atoms with Gasteiger partial charge in [0.25, 0.3) is 0 Å². The van der Waals surface area contributed by atoms with Gasteiger partial charge in [-0.3, -0.25) is 0 Å². The number of fused-ring (bicyclic) bond motifs is 5. The largest absolute Gasteiger partial charge is 0.309 e. The van der Waals surface area contributed by atoms with E-state index in [2.05, 4.69) is 97.2 Å². The molecule has 0 radical (unpaired) electrons. The summed E-state index contributed by atoms with van der Waals surface area (Å²) in [6.07, 6.45) is 2.23. The normalized spacial score (nSPS) is 12.6. The Labute approximate surface area is 201 Å². The third kappa shape index (κ3) is 2.54. The summed E-state index contributed by atoms with van der Waals surface area (Å²) in [6, 6.07) is 21.8. The first-order valence-electron chi connectivity index (χ1n) is 12.4. The highest BCUT2D eigenvalue weighted by molar-refractivity contribution is 6.92. The molecular weight excluding hydrogens is 430 g/mol. The van der Waals surface area contributed by atoms with Gasteiger partial charge in [0.15, 0.2) is 11.9 Å².